The number of benzene rings is 1. The standard InChI is InChI=1S/C13H15N5O2/c1-8-4-2-3-5-10(8)16-12(14)17-13(15)18-7-9(19)6-11(18)20/h2-5H,6-7H2,1H3,(H4,14,15,16,17). The molecule has 0 saturated carbocycles. The molecule has 0 aromatic heterocycles. The number of carbonyl (C=O) groups is 2. The van der Waals surface area contributed by atoms with Gasteiger partial charge in [-0.15, -0.1) is 0 Å². The average Bonchev–Trinajstić information content (AvgIpc) is 2.71. The number of nitrogens with two attached hydrogens (primary N) is 2. The molecule has 0 atom stereocenters. The van der Waals surface area contributed by atoms with Crippen molar-refractivity contribution in [3.63, 3.8) is 0 Å². The summed E-state index contributed by atoms with van der Waals surface area (Å²) in [7, 11) is 0. The number of amides is 1. The minimum Gasteiger partial charge on any atom is -0.369 e. The van der Waals surface area contributed by atoms with E-state index in [1.54, 1.807) is 6.07 Å². The Kier molecular flexibility index (Phi) is 3.79. The maximum Gasteiger partial charge on any atom is 0.237 e. The van der Waals surface area contributed by atoms with E-state index in [1.165, 1.54) is 0 Å². The van der Waals surface area contributed by atoms with E-state index in [-0.39, 0.29) is 36.6 Å². The summed E-state index contributed by atoms with van der Waals surface area (Å²) in [6.45, 7) is 1.83. The molecule has 104 valence electrons. The fraction of sp³-hybridized carbons (Fsp3) is 0.231. The van der Waals surface area contributed by atoms with Crippen LogP contribution in [-0.2, 0) is 9.59 Å². The van der Waals surface area contributed by atoms with Gasteiger partial charge in [0.05, 0.1) is 18.7 Å². The number of Topliss-reactive ketones (excluding diaryl/α,β-unsaturated/α-hetero) is 1. The van der Waals surface area contributed by atoms with Gasteiger partial charge in [0.25, 0.3) is 0 Å². The maximum atomic E-state index is 11.5. The van der Waals surface area contributed by atoms with E-state index < -0.39 is 0 Å². The van der Waals surface area contributed by atoms with Crippen molar-refractivity contribution < 1.29 is 9.59 Å². The van der Waals surface area contributed by atoms with Crippen molar-refractivity contribution >= 4 is 29.3 Å². The quantitative estimate of drug-likeness (QED) is 0.427. The Hall–Kier alpha value is -2.70. The van der Waals surface area contributed by atoms with Gasteiger partial charge in [-0.1, -0.05) is 18.2 Å². The van der Waals surface area contributed by atoms with Crippen molar-refractivity contribution in [1.29, 1.82) is 0 Å². The highest BCUT2D eigenvalue weighted by atomic mass is 16.2. The first-order chi connectivity index (χ1) is 9.47. The minimum absolute atomic E-state index is 0.0637. The van der Waals surface area contributed by atoms with E-state index >= 15 is 0 Å². The highest BCUT2D eigenvalue weighted by Crippen LogP contribution is 2.16. The van der Waals surface area contributed by atoms with Gasteiger partial charge in [0.2, 0.25) is 17.8 Å². The largest absolute Gasteiger partial charge is 0.369 e. The first kappa shape index (κ1) is 13.7. The molecule has 0 radical (unpaired) electrons. The van der Waals surface area contributed by atoms with Crippen molar-refractivity contribution in [3.05, 3.63) is 29.8 Å². The molecule has 20 heavy (non-hydrogen) atoms. The van der Waals surface area contributed by atoms with Crippen molar-refractivity contribution in [2.45, 2.75) is 13.3 Å². The number of guanidine groups is 2. The maximum absolute atomic E-state index is 11.5. The Morgan fingerprint density at radius 1 is 1.25 bits per heavy atom. The summed E-state index contributed by atoms with van der Waals surface area (Å²) in [5, 5.41) is 0. The molecule has 0 bridgehead atoms. The molecule has 4 N–H and O–H groups in total. The molecule has 1 amide bonds. The van der Waals surface area contributed by atoms with Crippen LogP contribution < -0.4 is 11.5 Å². The van der Waals surface area contributed by atoms with Crippen LogP contribution in [0.25, 0.3) is 0 Å². The van der Waals surface area contributed by atoms with Crippen LogP contribution in [0.1, 0.15) is 12.0 Å². The second kappa shape index (κ2) is 5.52. The molecule has 2 rings (SSSR count). The van der Waals surface area contributed by atoms with Gasteiger partial charge in [0.15, 0.2) is 5.78 Å². The zero-order chi connectivity index (χ0) is 14.7. The Balaban J connectivity index is 2.20. The van der Waals surface area contributed by atoms with E-state index in [2.05, 4.69) is 9.98 Å². The molecule has 1 aliphatic rings. The lowest BCUT2D eigenvalue weighted by Crippen LogP contribution is -2.39. The topological polar surface area (TPSA) is 114 Å². The van der Waals surface area contributed by atoms with Crippen LogP contribution in [0.2, 0.25) is 0 Å². The molecule has 1 aromatic carbocycles. The van der Waals surface area contributed by atoms with Crippen LogP contribution in [0.4, 0.5) is 5.69 Å². The number of hydrogen-bond acceptors (Lipinski definition) is 3. The number of hydrogen-bond donors (Lipinski definition) is 2. The Labute approximate surface area is 116 Å². The van der Waals surface area contributed by atoms with Crippen LogP contribution >= 0.6 is 0 Å². The van der Waals surface area contributed by atoms with Crippen LogP contribution in [-0.4, -0.2) is 35.1 Å². The predicted molar refractivity (Wildman–Crippen MR) is 75.4 cm³/mol. The Bertz CT molecular complexity index is 621. The zero-order valence-electron chi connectivity index (χ0n) is 11.0. The van der Waals surface area contributed by atoms with Crippen molar-refractivity contribution in [3.8, 4) is 0 Å². The zero-order valence-corrected chi connectivity index (χ0v) is 11.0. The third kappa shape index (κ3) is 3.00. The highest BCUT2D eigenvalue weighted by Gasteiger charge is 2.29. The normalized spacial score (nSPS) is 16.9. The summed E-state index contributed by atoms with van der Waals surface area (Å²) in [4.78, 5) is 31.7. The minimum atomic E-state index is -0.375. The van der Waals surface area contributed by atoms with E-state index in [9.17, 15) is 9.59 Å². The Morgan fingerprint density at radius 3 is 2.55 bits per heavy atom. The lowest BCUT2D eigenvalue weighted by atomic mass is 10.2. The van der Waals surface area contributed by atoms with Gasteiger partial charge >= 0.3 is 0 Å². The van der Waals surface area contributed by atoms with Gasteiger partial charge in [-0.3, -0.25) is 14.5 Å². The average molecular weight is 273 g/mol. The molecular formula is C13H15N5O2. The van der Waals surface area contributed by atoms with Crippen LogP contribution in [0.15, 0.2) is 34.3 Å². The Morgan fingerprint density at radius 2 is 1.95 bits per heavy atom. The van der Waals surface area contributed by atoms with Crippen molar-refractivity contribution in [2.75, 3.05) is 6.54 Å². The second-order valence-corrected chi connectivity index (χ2v) is 4.42. The number of rotatable bonds is 1. The first-order valence-electron chi connectivity index (χ1n) is 6.03. The lowest BCUT2D eigenvalue weighted by Gasteiger charge is -2.12. The van der Waals surface area contributed by atoms with Gasteiger partial charge in [-0.25, -0.2) is 4.99 Å². The molecule has 0 spiro atoms. The van der Waals surface area contributed by atoms with E-state index in [1.807, 2.05) is 25.1 Å². The smallest absolute Gasteiger partial charge is 0.237 e. The summed E-state index contributed by atoms with van der Waals surface area (Å²) in [5.41, 5.74) is 13.0. The molecule has 0 unspecified atom stereocenters. The third-order valence-electron chi connectivity index (χ3n) is 2.84. The fourth-order valence-electron chi connectivity index (χ4n) is 1.81. The van der Waals surface area contributed by atoms with Gasteiger partial charge < -0.3 is 11.5 Å². The molecule has 1 aliphatic heterocycles. The molecule has 1 saturated heterocycles. The molecule has 7 nitrogen and oxygen atoms in total. The predicted octanol–water partition coefficient (Wildman–Crippen LogP) is 0.0573. The summed E-state index contributed by atoms with van der Waals surface area (Å²) >= 11 is 0. The van der Waals surface area contributed by atoms with Crippen LogP contribution in [0.3, 0.4) is 0 Å². The number of aliphatic imine (C=N–C) groups is 2. The van der Waals surface area contributed by atoms with Crippen LogP contribution in [0, 0.1) is 6.92 Å². The van der Waals surface area contributed by atoms with E-state index in [0.29, 0.717) is 5.69 Å². The van der Waals surface area contributed by atoms with Gasteiger partial charge in [-0.2, -0.15) is 4.99 Å². The third-order valence-corrected chi connectivity index (χ3v) is 2.84. The number of carbonyl (C=O) groups excluding carboxylic acids is 2. The number of aryl methyl sites for hydroxylation is 1. The summed E-state index contributed by atoms with van der Waals surface area (Å²) < 4.78 is 0. The monoisotopic (exact) mass is 273 g/mol. The van der Waals surface area contributed by atoms with Gasteiger partial charge in [-0.05, 0) is 18.6 Å². The molecule has 1 fully saturated rings. The van der Waals surface area contributed by atoms with Gasteiger partial charge in [0.1, 0.15) is 0 Å². The number of ketones is 1. The van der Waals surface area contributed by atoms with Crippen molar-refractivity contribution in [2.24, 2.45) is 21.5 Å². The first-order valence-corrected chi connectivity index (χ1v) is 6.03. The number of nitrogens with zero attached hydrogens (tertiary/aromatic N) is 3. The highest BCUT2D eigenvalue weighted by molar-refractivity contribution is 6.14. The molecule has 0 aliphatic carbocycles. The van der Waals surface area contributed by atoms with Crippen molar-refractivity contribution in [1.82, 2.24) is 4.90 Å². The van der Waals surface area contributed by atoms with E-state index in [4.69, 9.17) is 11.5 Å². The molecule has 1 aromatic rings. The summed E-state index contributed by atoms with van der Waals surface area (Å²) in [5.74, 6) is -0.748. The number of para-hydroxylation sites is 1. The summed E-state index contributed by atoms with van der Waals surface area (Å²) in [6.07, 6.45) is -0.148. The van der Waals surface area contributed by atoms with Crippen LogP contribution in [0.5, 0.6) is 0 Å². The molecular weight excluding hydrogens is 258 g/mol. The summed E-state index contributed by atoms with van der Waals surface area (Å²) in [6, 6.07) is 7.39. The number of likely N-dealkylation sites (tertiary alicyclic amines) is 1. The molecule has 1 heterocycles. The SMILES string of the molecule is Cc1ccccc1N=C(N)/N=C(\N)N1CC(=O)CC1=O. The lowest BCUT2D eigenvalue weighted by molar-refractivity contribution is -0.125. The fourth-order valence-corrected chi connectivity index (χ4v) is 1.81. The van der Waals surface area contributed by atoms with E-state index in [0.717, 1.165) is 10.5 Å². The second-order valence-electron chi connectivity index (χ2n) is 4.42. The molecule has 7 heteroatoms. The van der Waals surface area contributed by atoms with Gasteiger partial charge in [0, 0.05) is 0 Å².